The largest absolute Gasteiger partial charge is 0.310 e. The zero-order chi connectivity index (χ0) is 90.3. The van der Waals surface area contributed by atoms with Crippen LogP contribution in [0.25, 0.3) is 99.4 Å². The van der Waals surface area contributed by atoms with Crippen molar-refractivity contribution >= 4 is 103 Å². The Kier molecular flexibility index (Phi) is 17.1. The van der Waals surface area contributed by atoms with E-state index in [1.165, 1.54) is 222 Å². The molecule has 0 aromatic heterocycles. The minimum atomic E-state index is -0.737. The summed E-state index contributed by atoms with van der Waals surface area (Å²) in [7, 11) is 0. The fraction of sp³-hybridized carbons (Fsp3) is 0.0303. The van der Waals surface area contributed by atoms with Gasteiger partial charge in [0.1, 0.15) is 0 Å². The van der Waals surface area contributed by atoms with Crippen molar-refractivity contribution < 1.29 is 0 Å². The molecule has 4 spiro atoms. The first-order valence-electron chi connectivity index (χ1n) is 47.7. The summed E-state index contributed by atoms with van der Waals surface area (Å²) in [5.74, 6) is 0. The minimum absolute atomic E-state index is 0.580. The molecule has 22 aromatic carbocycles. The van der Waals surface area contributed by atoms with Gasteiger partial charge in [0, 0.05) is 73.3 Å². The Morgan fingerprint density at radius 3 is 0.768 bits per heavy atom. The maximum absolute atomic E-state index is 2.58. The van der Waals surface area contributed by atoms with E-state index in [1.54, 1.807) is 0 Å². The average Bonchev–Trinajstić information content (AvgIpc) is 1.51. The molecule has 30 rings (SSSR count). The van der Waals surface area contributed by atoms with Crippen LogP contribution in [0.4, 0.5) is 34.1 Å². The van der Waals surface area contributed by atoms with Crippen LogP contribution in [-0.2, 0) is 21.7 Å². The molecule has 0 amide bonds. The van der Waals surface area contributed by atoms with E-state index in [0.717, 1.165) is 39.7 Å². The third kappa shape index (κ3) is 10.8. The van der Waals surface area contributed by atoms with Crippen LogP contribution in [-0.4, -0.2) is 0 Å². The van der Waals surface area contributed by atoms with Crippen molar-refractivity contribution in [2.75, 3.05) is 9.80 Å². The van der Waals surface area contributed by atoms with Crippen molar-refractivity contribution in [3.05, 3.63) is 574 Å². The van der Waals surface area contributed by atoms with Gasteiger partial charge in [-0.15, -0.1) is 0 Å². The molecule has 4 aliphatic heterocycles. The lowest BCUT2D eigenvalue weighted by atomic mass is 9.66. The van der Waals surface area contributed by atoms with Gasteiger partial charge in [-0.25, -0.2) is 0 Å². The topological polar surface area (TPSA) is 6.48 Å². The molecule has 2 nitrogen and oxygen atoms in total. The summed E-state index contributed by atoms with van der Waals surface area (Å²) in [6.45, 7) is 0. The predicted molar refractivity (Wildman–Crippen MR) is 573 cm³/mol. The Bertz CT molecular complexity index is 8700. The van der Waals surface area contributed by atoms with Gasteiger partial charge in [-0.05, 0) is 310 Å². The number of fused-ring (bicyclic) bond motifs is 38. The fourth-order valence-corrected chi connectivity index (χ4v) is 30.8. The van der Waals surface area contributed by atoms with Crippen molar-refractivity contribution in [1.82, 2.24) is 0 Å². The summed E-state index contributed by atoms with van der Waals surface area (Å²) in [4.78, 5) is 15.3. The van der Waals surface area contributed by atoms with Crippen LogP contribution >= 0.6 is 47.0 Å². The molecule has 0 saturated heterocycles. The first-order valence-corrected chi connectivity index (χ1v) is 51.0. The van der Waals surface area contributed by atoms with Gasteiger partial charge in [0.15, 0.2) is 0 Å². The monoisotopic (exact) mass is 1820 g/mol. The maximum atomic E-state index is 2.58. The molecule has 8 aliphatic rings. The van der Waals surface area contributed by atoms with Gasteiger partial charge < -0.3 is 9.80 Å². The van der Waals surface area contributed by atoms with Gasteiger partial charge in [-0.1, -0.05) is 411 Å². The van der Waals surface area contributed by atoms with Gasteiger partial charge in [-0.3, -0.25) is 0 Å². The zero-order valence-corrected chi connectivity index (χ0v) is 78.0. The molecule has 138 heavy (non-hydrogen) atoms. The lowest BCUT2D eigenvalue weighted by Crippen LogP contribution is -2.32. The maximum Gasteiger partial charge on any atom is 0.0736 e. The van der Waals surface area contributed by atoms with Crippen LogP contribution in [0.3, 0.4) is 0 Å². The van der Waals surface area contributed by atoms with E-state index in [0.29, 0.717) is 0 Å². The molecular formula is C132H80N2S4. The van der Waals surface area contributed by atoms with Crippen LogP contribution < -0.4 is 9.80 Å². The van der Waals surface area contributed by atoms with Gasteiger partial charge in [0.25, 0.3) is 0 Å². The summed E-state index contributed by atoms with van der Waals surface area (Å²) in [5.41, 5.74) is 42.1. The minimum Gasteiger partial charge on any atom is -0.310 e. The molecule has 6 heteroatoms. The summed E-state index contributed by atoms with van der Waals surface area (Å²) in [6.07, 6.45) is 0. The van der Waals surface area contributed by atoms with E-state index >= 15 is 0 Å². The number of benzene rings is 22. The van der Waals surface area contributed by atoms with E-state index in [4.69, 9.17) is 0 Å². The van der Waals surface area contributed by atoms with Crippen molar-refractivity contribution in [1.29, 1.82) is 0 Å². The summed E-state index contributed by atoms with van der Waals surface area (Å²) >= 11 is 7.60. The molecule has 0 bridgehead atoms. The molecule has 0 fully saturated rings. The second-order valence-corrected chi connectivity index (χ2v) is 42.0. The first kappa shape index (κ1) is 78.7. The van der Waals surface area contributed by atoms with E-state index in [9.17, 15) is 0 Å². The van der Waals surface area contributed by atoms with Gasteiger partial charge in [0.05, 0.1) is 21.7 Å². The van der Waals surface area contributed by atoms with Gasteiger partial charge in [0.2, 0.25) is 0 Å². The molecule has 0 saturated carbocycles. The highest BCUT2D eigenvalue weighted by Gasteiger charge is 2.56. The molecule has 4 heterocycles. The van der Waals surface area contributed by atoms with E-state index in [2.05, 4.69) is 495 Å². The highest BCUT2D eigenvalue weighted by molar-refractivity contribution is 8.00. The van der Waals surface area contributed by atoms with Crippen molar-refractivity contribution in [2.45, 2.75) is 60.8 Å². The number of hydrogen-bond acceptors (Lipinski definition) is 6. The highest BCUT2D eigenvalue weighted by Crippen LogP contribution is 2.70. The number of hydrogen-bond donors (Lipinski definition) is 0. The fourth-order valence-electron chi connectivity index (χ4n) is 25.9. The zero-order valence-electron chi connectivity index (χ0n) is 74.7. The Labute approximate surface area is 818 Å². The molecule has 642 valence electrons. The Morgan fingerprint density at radius 2 is 0.391 bits per heavy atom. The second-order valence-electron chi connectivity index (χ2n) is 37.7. The van der Waals surface area contributed by atoms with Crippen molar-refractivity contribution in [3.8, 4) is 77.9 Å². The number of rotatable bonds is 9. The molecule has 1 atom stereocenters. The van der Waals surface area contributed by atoms with Gasteiger partial charge >= 0.3 is 0 Å². The number of nitrogens with zero attached hydrogens (tertiary/aromatic N) is 2. The quantitative estimate of drug-likeness (QED) is 0.141. The average molecular weight is 1820 g/mol. The SMILES string of the molecule is c1ccc2c(c1)Sc1ccccc1C21c2ccccc2-c2ccc(N(c3ccc(-c4cccc5c(-c6cccc7c6Sc6ccccc6C76c7ccccc7-c7ccc(N(c8ccc(-c9ccc%10ccccc%10c9)cc8)c8ccc9c(c8)C8(c%10ccccc%10Sc%10ccccc%108)c8ccccc8-9)cc76)cccc45)cc3)c3ccc4c(c3)C3(c5ccccc5Sc5ccccc53)c3ccccc3-4)cc21. The Balaban J connectivity index is 0.578. The molecule has 0 radical (unpaired) electrons. The summed E-state index contributed by atoms with van der Waals surface area (Å²) in [6, 6.07) is 186. The van der Waals surface area contributed by atoms with Crippen LogP contribution in [0.2, 0.25) is 0 Å². The van der Waals surface area contributed by atoms with Crippen molar-refractivity contribution in [3.63, 3.8) is 0 Å². The summed E-state index contributed by atoms with van der Waals surface area (Å²) in [5, 5.41) is 4.86. The second kappa shape index (κ2) is 29.9. The Hall–Kier alpha value is -15.6. The predicted octanol–water partition coefficient (Wildman–Crippen LogP) is 35.2. The number of anilines is 6. The van der Waals surface area contributed by atoms with Crippen LogP contribution in [0.15, 0.2) is 524 Å². The molecule has 0 N–H and O–H groups in total. The highest BCUT2D eigenvalue weighted by atomic mass is 32.2. The standard InChI is InChI=1S/C132H80N2S4/c1-2-29-84-76-85(59-58-81(84)28-1)82-60-64-86(65-61-82)133(88-68-72-100-96-30-3-7-39-105(96)129(117(100)77-88)109-43-11-18-51-121(109)135-122-52-19-12-44-110(122)129)91-71-75-103-99-33-6-10-42-108(99)132(120(103)80-91)115-49-17-24-57-127(115)138-128-104(38-27-50-116(128)132)95-37-26-35-93-92(34-25-36-94(93)95)83-62-66-87(67-63-83)134(89-69-73-101-97-31-4-8-40-106(97)130(118(101)78-89)111-45-13-20-53-123(111)136-124-54-21-14-46-112(124)130)90-70-74-102-98-32-5-9-41-107(98)131(119(102)79-90)113-47-15-22-55-125(113)137-126-56-23-16-48-114(126)131/h1-80H. The van der Waals surface area contributed by atoms with E-state index < -0.39 is 21.7 Å². The first-order chi connectivity index (χ1) is 68.4. The smallest absolute Gasteiger partial charge is 0.0736 e. The van der Waals surface area contributed by atoms with Crippen LogP contribution in [0.1, 0.15) is 89.0 Å². The van der Waals surface area contributed by atoms with Crippen molar-refractivity contribution in [2.24, 2.45) is 0 Å². The Morgan fingerprint density at radius 1 is 0.138 bits per heavy atom. The molecule has 1 unspecified atom stereocenters. The van der Waals surface area contributed by atoms with Crippen LogP contribution in [0, 0.1) is 0 Å². The summed E-state index contributed by atoms with van der Waals surface area (Å²) < 4.78 is 0. The lowest BCUT2D eigenvalue weighted by Gasteiger charge is -2.41. The van der Waals surface area contributed by atoms with E-state index in [1.807, 2.05) is 47.0 Å². The van der Waals surface area contributed by atoms with E-state index in [-0.39, 0.29) is 0 Å². The molecular weight excluding hydrogens is 1740 g/mol. The lowest BCUT2D eigenvalue weighted by molar-refractivity contribution is 0.721. The van der Waals surface area contributed by atoms with Crippen LogP contribution in [0.5, 0.6) is 0 Å². The molecule has 22 aromatic rings. The normalized spacial score (nSPS) is 15.3. The molecule has 4 aliphatic carbocycles. The third-order valence-electron chi connectivity index (χ3n) is 31.3. The third-order valence-corrected chi connectivity index (χ3v) is 36.0. The van der Waals surface area contributed by atoms with Gasteiger partial charge in [-0.2, -0.15) is 0 Å².